The lowest BCUT2D eigenvalue weighted by Gasteiger charge is -2.24. The molecule has 1 aliphatic carbocycles. The molecule has 3 N–H and O–H groups in total. The minimum Gasteiger partial charge on any atom is -0.478 e. The fourth-order valence-electron chi connectivity index (χ4n) is 4.46. The van der Waals surface area contributed by atoms with E-state index in [0.29, 0.717) is 27.6 Å². The number of benzene rings is 3. The molecule has 0 radical (unpaired) electrons. The molecule has 0 amide bonds. The van der Waals surface area contributed by atoms with Crippen molar-refractivity contribution in [3.05, 3.63) is 98.6 Å². The van der Waals surface area contributed by atoms with E-state index < -0.39 is 17.5 Å². The van der Waals surface area contributed by atoms with Crippen molar-refractivity contribution in [1.82, 2.24) is 4.57 Å². The van der Waals surface area contributed by atoms with Crippen molar-refractivity contribution < 1.29 is 24.6 Å². The van der Waals surface area contributed by atoms with Crippen LogP contribution in [-0.4, -0.2) is 32.5 Å². The standard InChI is InChI=1S/C26H15N3O6/c1-27-22-19-15-5-3-4-6-16(15)23(30)20-17(7-8-18(21(19)20)29(2)24(22)31)28-14-10-12(25(32)33)9-13(11-14)26(34)35/h3-11,28H,2H3,(H,32,33)(H,34,35). The first-order valence-corrected chi connectivity index (χ1v) is 10.3. The lowest BCUT2D eigenvalue weighted by molar-refractivity contribution is 0.0696. The van der Waals surface area contributed by atoms with Crippen molar-refractivity contribution in [3.8, 4) is 11.1 Å². The van der Waals surface area contributed by atoms with Gasteiger partial charge < -0.3 is 20.1 Å². The number of ketones is 1. The zero-order valence-electron chi connectivity index (χ0n) is 18.1. The maximum absolute atomic E-state index is 13.7. The van der Waals surface area contributed by atoms with E-state index in [1.54, 1.807) is 36.4 Å². The maximum Gasteiger partial charge on any atom is 0.335 e. The van der Waals surface area contributed by atoms with Crippen LogP contribution in [0.4, 0.5) is 17.1 Å². The van der Waals surface area contributed by atoms with E-state index in [0.717, 1.165) is 6.07 Å². The number of aromatic carboxylic acids is 2. The molecule has 1 aromatic heterocycles. The van der Waals surface area contributed by atoms with Gasteiger partial charge in [0.2, 0.25) is 0 Å². The Kier molecular flexibility index (Phi) is 4.74. The number of anilines is 2. The summed E-state index contributed by atoms with van der Waals surface area (Å²) in [6.07, 6.45) is 0. The topological polar surface area (TPSA) is 130 Å². The highest BCUT2D eigenvalue weighted by Crippen LogP contribution is 2.45. The van der Waals surface area contributed by atoms with Crippen LogP contribution in [0.5, 0.6) is 0 Å². The lowest BCUT2D eigenvalue weighted by Crippen LogP contribution is -2.21. The van der Waals surface area contributed by atoms with E-state index in [2.05, 4.69) is 10.2 Å². The van der Waals surface area contributed by atoms with E-state index in [9.17, 15) is 29.4 Å². The smallest absolute Gasteiger partial charge is 0.335 e. The van der Waals surface area contributed by atoms with Gasteiger partial charge in [0.15, 0.2) is 5.78 Å². The van der Waals surface area contributed by atoms with Crippen molar-refractivity contribution in [2.24, 2.45) is 7.05 Å². The molecular weight excluding hydrogens is 450 g/mol. The highest BCUT2D eigenvalue weighted by Gasteiger charge is 2.31. The molecule has 9 heteroatoms. The Morgan fingerprint density at radius 3 is 2.14 bits per heavy atom. The van der Waals surface area contributed by atoms with Gasteiger partial charge in [0, 0.05) is 34.8 Å². The predicted molar refractivity (Wildman–Crippen MR) is 128 cm³/mol. The number of nitrogens with one attached hydrogen (secondary N) is 1. The Hall–Kier alpha value is -5.23. The average Bonchev–Trinajstić information content (AvgIpc) is 2.84. The second kappa shape index (κ2) is 7.67. The van der Waals surface area contributed by atoms with Gasteiger partial charge in [-0.05, 0) is 35.9 Å². The molecule has 5 rings (SSSR count). The van der Waals surface area contributed by atoms with Crippen LogP contribution in [0.1, 0.15) is 36.6 Å². The number of aromatic nitrogens is 1. The first-order chi connectivity index (χ1) is 16.7. The molecule has 0 spiro atoms. The van der Waals surface area contributed by atoms with Crippen LogP contribution in [0.2, 0.25) is 0 Å². The van der Waals surface area contributed by atoms with Gasteiger partial charge in [-0.25, -0.2) is 14.4 Å². The number of carboxylic acid groups (broad SMARTS) is 2. The Bertz CT molecular complexity index is 1710. The molecule has 3 aromatic carbocycles. The fourth-order valence-corrected chi connectivity index (χ4v) is 4.46. The third-order valence-electron chi connectivity index (χ3n) is 6.02. The number of carbonyl (C=O) groups is 3. The molecule has 4 aromatic rings. The molecule has 0 unspecified atom stereocenters. The molecule has 9 nitrogen and oxygen atoms in total. The molecule has 0 aliphatic heterocycles. The summed E-state index contributed by atoms with van der Waals surface area (Å²) >= 11 is 0. The Balaban J connectivity index is 1.85. The van der Waals surface area contributed by atoms with Gasteiger partial charge in [0.1, 0.15) is 0 Å². The first-order valence-electron chi connectivity index (χ1n) is 10.3. The van der Waals surface area contributed by atoms with Crippen LogP contribution < -0.4 is 10.9 Å². The SMILES string of the molecule is [C-]#[N+]c1c2c3c(c(Nc4cc(C(=O)O)cc(C(=O)O)c4)ccc3n(C)c1=O)C(=O)c1ccccc1-2. The number of rotatable bonds is 4. The molecule has 0 bridgehead atoms. The van der Waals surface area contributed by atoms with Gasteiger partial charge in [-0.3, -0.25) is 9.59 Å². The highest BCUT2D eigenvalue weighted by atomic mass is 16.4. The summed E-state index contributed by atoms with van der Waals surface area (Å²) in [5, 5.41) is 22.2. The zero-order chi connectivity index (χ0) is 25.0. The molecule has 1 heterocycles. The highest BCUT2D eigenvalue weighted by molar-refractivity contribution is 6.29. The second-order valence-electron chi connectivity index (χ2n) is 7.99. The minimum atomic E-state index is -1.31. The normalized spacial score (nSPS) is 11.6. The first kappa shape index (κ1) is 21.6. The molecule has 0 fully saturated rings. The van der Waals surface area contributed by atoms with Crippen molar-refractivity contribution in [2.75, 3.05) is 5.32 Å². The minimum absolute atomic E-state index is 0.112. The van der Waals surface area contributed by atoms with E-state index >= 15 is 0 Å². The van der Waals surface area contributed by atoms with E-state index in [1.807, 2.05) is 0 Å². The van der Waals surface area contributed by atoms with Crippen molar-refractivity contribution in [1.29, 1.82) is 0 Å². The lowest BCUT2D eigenvalue weighted by atomic mass is 9.82. The number of aryl methyl sites for hydroxylation is 1. The van der Waals surface area contributed by atoms with E-state index in [-0.39, 0.29) is 39.5 Å². The third kappa shape index (κ3) is 3.16. The van der Waals surface area contributed by atoms with Crippen LogP contribution in [0.25, 0.3) is 26.9 Å². The fraction of sp³-hybridized carbons (Fsp3) is 0.0385. The van der Waals surface area contributed by atoms with Gasteiger partial charge in [0.25, 0.3) is 11.2 Å². The van der Waals surface area contributed by atoms with Crippen LogP contribution >= 0.6 is 0 Å². The summed E-state index contributed by atoms with van der Waals surface area (Å²) in [6, 6.07) is 13.5. The number of fused-ring (bicyclic) bond motifs is 2. The van der Waals surface area contributed by atoms with Crippen LogP contribution in [0.15, 0.2) is 59.4 Å². The maximum atomic E-state index is 13.7. The summed E-state index contributed by atoms with van der Waals surface area (Å²) in [4.78, 5) is 53.1. The monoisotopic (exact) mass is 465 g/mol. The summed E-state index contributed by atoms with van der Waals surface area (Å²) in [5.74, 6) is -2.95. The zero-order valence-corrected chi connectivity index (χ0v) is 18.1. The third-order valence-corrected chi connectivity index (χ3v) is 6.02. The summed E-state index contributed by atoms with van der Waals surface area (Å²) in [7, 11) is 1.52. The molecular formula is C26H15N3O6. The number of carboxylic acids is 2. The Morgan fingerprint density at radius 2 is 1.54 bits per heavy atom. The van der Waals surface area contributed by atoms with Crippen molar-refractivity contribution in [2.45, 2.75) is 0 Å². The quantitative estimate of drug-likeness (QED) is 0.335. The number of hydrogen-bond donors (Lipinski definition) is 3. The number of nitrogens with zero attached hydrogens (tertiary/aromatic N) is 2. The predicted octanol–water partition coefficient (Wildman–Crippen LogP) is 4.44. The van der Waals surface area contributed by atoms with Gasteiger partial charge >= 0.3 is 11.9 Å². The van der Waals surface area contributed by atoms with E-state index in [4.69, 9.17) is 6.57 Å². The Labute approximate surface area is 197 Å². The van der Waals surface area contributed by atoms with Gasteiger partial charge in [-0.15, -0.1) is 0 Å². The molecule has 1 aliphatic rings. The van der Waals surface area contributed by atoms with Crippen molar-refractivity contribution >= 4 is 45.7 Å². The Morgan fingerprint density at radius 1 is 0.914 bits per heavy atom. The number of pyridine rings is 1. The largest absolute Gasteiger partial charge is 0.478 e. The molecule has 0 saturated heterocycles. The molecule has 35 heavy (non-hydrogen) atoms. The number of carbonyl (C=O) groups excluding carboxylic acids is 1. The van der Waals surface area contributed by atoms with Gasteiger partial charge in [0.05, 0.1) is 28.9 Å². The summed E-state index contributed by atoms with van der Waals surface area (Å²) in [6.45, 7) is 7.65. The van der Waals surface area contributed by atoms with Crippen LogP contribution in [0.3, 0.4) is 0 Å². The molecule has 170 valence electrons. The van der Waals surface area contributed by atoms with E-state index in [1.165, 1.54) is 23.7 Å². The summed E-state index contributed by atoms with van der Waals surface area (Å²) < 4.78 is 1.31. The van der Waals surface area contributed by atoms with Crippen LogP contribution in [0, 0.1) is 6.57 Å². The average molecular weight is 465 g/mol. The van der Waals surface area contributed by atoms with Gasteiger partial charge in [-0.1, -0.05) is 24.3 Å². The molecule has 0 saturated carbocycles. The van der Waals surface area contributed by atoms with Crippen LogP contribution in [-0.2, 0) is 7.05 Å². The number of hydrogen-bond acceptors (Lipinski definition) is 5. The summed E-state index contributed by atoms with van der Waals surface area (Å²) in [5.41, 5.74) is 1.17. The van der Waals surface area contributed by atoms with Crippen molar-refractivity contribution in [3.63, 3.8) is 0 Å². The second-order valence-corrected chi connectivity index (χ2v) is 7.99. The molecule has 0 atom stereocenters. The van der Waals surface area contributed by atoms with Gasteiger partial charge in [-0.2, -0.15) is 0 Å².